The molecule has 0 bridgehead atoms. The highest BCUT2D eigenvalue weighted by Gasteiger charge is 2.18. The van der Waals surface area contributed by atoms with E-state index in [1.807, 2.05) is 38.1 Å². The van der Waals surface area contributed by atoms with Crippen LogP contribution >= 0.6 is 11.3 Å². The van der Waals surface area contributed by atoms with Crippen LogP contribution in [0.15, 0.2) is 24.3 Å². The monoisotopic (exact) mass is 299 g/mol. The molecule has 2 rings (SSSR count). The zero-order valence-corrected chi connectivity index (χ0v) is 12.6. The minimum absolute atomic E-state index is 0.234. The first kappa shape index (κ1) is 14.4. The highest BCUT2D eigenvalue weighted by atomic mass is 32.2. The summed E-state index contributed by atoms with van der Waals surface area (Å²) in [6.07, 6.45) is 0. The van der Waals surface area contributed by atoms with Gasteiger partial charge in [-0.25, -0.2) is 4.98 Å². The average Bonchev–Trinajstić information content (AvgIpc) is 2.80. The van der Waals surface area contributed by atoms with E-state index in [1.54, 1.807) is 0 Å². The van der Waals surface area contributed by atoms with E-state index >= 15 is 0 Å². The number of hydrogen-bond acceptors (Lipinski definition) is 4. The molecule has 0 unspecified atom stereocenters. The van der Waals surface area contributed by atoms with Gasteiger partial charge in [0.15, 0.2) is 0 Å². The van der Waals surface area contributed by atoms with Gasteiger partial charge < -0.3 is 0 Å². The summed E-state index contributed by atoms with van der Waals surface area (Å²) in [4.78, 5) is 4.40. The maximum atomic E-state index is 12.0. The molecule has 0 atom stereocenters. The minimum Gasteiger partial charge on any atom is -0.240 e. The van der Waals surface area contributed by atoms with Crippen LogP contribution < -0.4 is 4.72 Å². The van der Waals surface area contributed by atoms with Gasteiger partial charge >= 0.3 is 0 Å². The van der Waals surface area contributed by atoms with E-state index in [0.29, 0.717) is 13.1 Å². The van der Waals surface area contributed by atoms with Crippen LogP contribution in [0.4, 0.5) is 0 Å². The van der Waals surface area contributed by atoms with Gasteiger partial charge in [-0.2, -0.15) is 17.4 Å². The summed E-state index contributed by atoms with van der Waals surface area (Å²) in [5, 5.41) is 0.775. The second-order valence-electron chi connectivity index (χ2n) is 3.99. The molecule has 0 radical (unpaired) electrons. The normalized spacial score (nSPS) is 12.4. The van der Waals surface area contributed by atoms with Crippen LogP contribution in [0.25, 0.3) is 10.2 Å². The largest absolute Gasteiger partial charge is 0.279 e. The lowest BCUT2D eigenvalue weighted by atomic mass is 10.3. The Kier molecular flexibility index (Phi) is 4.51. The first-order valence-corrected chi connectivity index (χ1v) is 8.41. The quantitative estimate of drug-likeness (QED) is 0.887. The average molecular weight is 299 g/mol. The molecule has 1 aromatic heterocycles. The Morgan fingerprint density at radius 2 is 1.95 bits per heavy atom. The Morgan fingerprint density at radius 1 is 1.26 bits per heavy atom. The van der Waals surface area contributed by atoms with Crippen molar-refractivity contribution in [1.29, 1.82) is 0 Å². The number of thiazole rings is 1. The smallest absolute Gasteiger partial charge is 0.240 e. The van der Waals surface area contributed by atoms with Gasteiger partial charge in [-0.3, -0.25) is 0 Å². The molecule has 0 saturated carbocycles. The number of hydrogen-bond donors (Lipinski definition) is 1. The van der Waals surface area contributed by atoms with E-state index in [9.17, 15) is 8.42 Å². The van der Waals surface area contributed by atoms with Crippen LogP contribution in [0.2, 0.25) is 0 Å². The van der Waals surface area contributed by atoms with Crippen molar-refractivity contribution in [2.45, 2.75) is 20.4 Å². The molecule has 1 N–H and O–H groups in total. The van der Waals surface area contributed by atoms with Crippen molar-refractivity contribution in [2.24, 2.45) is 0 Å². The molecule has 0 aliphatic heterocycles. The molecule has 0 aliphatic rings. The van der Waals surface area contributed by atoms with Crippen molar-refractivity contribution >= 4 is 31.8 Å². The zero-order chi connectivity index (χ0) is 13.9. The number of nitrogens with zero attached hydrogens (tertiary/aromatic N) is 2. The predicted molar refractivity (Wildman–Crippen MR) is 78.3 cm³/mol. The van der Waals surface area contributed by atoms with Gasteiger partial charge in [-0.15, -0.1) is 11.3 Å². The van der Waals surface area contributed by atoms with E-state index in [1.165, 1.54) is 15.6 Å². The third-order valence-corrected chi connectivity index (χ3v) is 5.53. The first-order chi connectivity index (χ1) is 9.06. The molecule has 0 fully saturated rings. The molecule has 7 heteroatoms. The number of fused-ring (bicyclic) bond motifs is 1. The van der Waals surface area contributed by atoms with Crippen molar-refractivity contribution in [1.82, 2.24) is 14.0 Å². The van der Waals surface area contributed by atoms with Gasteiger partial charge in [0.05, 0.1) is 16.8 Å². The van der Waals surface area contributed by atoms with Gasteiger partial charge in [0.1, 0.15) is 5.01 Å². The van der Waals surface area contributed by atoms with Crippen LogP contribution in [0.5, 0.6) is 0 Å². The Hall–Kier alpha value is -1.02. The van der Waals surface area contributed by atoms with Gasteiger partial charge in [0, 0.05) is 13.1 Å². The highest BCUT2D eigenvalue weighted by Crippen LogP contribution is 2.21. The fourth-order valence-electron chi connectivity index (χ4n) is 1.80. The van der Waals surface area contributed by atoms with Crippen molar-refractivity contribution in [2.75, 3.05) is 13.1 Å². The Balaban J connectivity index is 2.10. The minimum atomic E-state index is -3.41. The first-order valence-electron chi connectivity index (χ1n) is 6.16. The fraction of sp³-hybridized carbons (Fsp3) is 0.417. The predicted octanol–water partition coefficient (Wildman–Crippen LogP) is 1.97. The van der Waals surface area contributed by atoms with E-state index in [2.05, 4.69) is 9.71 Å². The summed E-state index contributed by atoms with van der Waals surface area (Å²) in [5.41, 5.74) is 0.907. The van der Waals surface area contributed by atoms with E-state index in [4.69, 9.17) is 0 Å². The fourth-order valence-corrected chi connectivity index (χ4v) is 3.98. The van der Waals surface area contributed by atoms with E-state index in [0.717, 1.165) is 15.2 Å². The van der Waals surface area contributed by atoms with Gasteiger partial charge in [0.25, 0.3) is 10.2 Å². The van der Waals surface area contributed by atoms with Gasteiger partial charge in [-0.05, 0) is 12.1 Å². The maximum Gasteiger partial charge on any atom is 0.279 e. The summed E-state index contributed by atoms with van der Waals surface area (Å²) in [6.45, 7) is 4.80. The number of para-hydroxylation sites is 1. The molecule has 1 heterocycles. The standard InChI is InChI=1S/C12H17N3O2S2/c1-3-15(4-2)19(16,17)13-9-12-14-10-7-5-6-8-11(10)18-12/h5-8,13H,3-4,9H2,1-2H3. The SMILES string of the molecule is CCN(CC)S(=O)(=O)NCc1nc2ccccc2s1. The summed E-state index contributed by atoms with van der Waals surface area (Å²) in [6, 6.07) is 7.78. The second-order valence-corrected chi connectivity index (χ2v) is 6.86. The molecule has 104 valence electrons. The topological polar surface area (TPSA) is 62.3 Å². The summed E-state index contributed by atoms with van der Waals surface area (Å²) in [7, 11) is -3.41. The number of rotatable bonds is 6. The molecule has 0 aliphatic carbocycles. The molecular weight excluding hydrogens is 282 g/mol. The Morgan fingerprint density at radius 3 is 2.58 bits per heavy atom. The molecule has 19 heavy (non-hydrogen) atoms. The molecule has 5 nitrogen and oxygen atoms in total. The Bertz CT molecular complexity index is 615. The summed E-state index contributed by atoms with van der Waals surface area (Å²) >= 11 is 1.51. The molecule has 0 saturated heterocycles. The number of nitrogens with one attached hydrogen (secondary N) is 1. The van der Waals surface area contributed by atoms with E-state index < -0.39 is 10.2 Å². The zero-order valence-electron chi connectivity index (χ0n) is 11.0. The van der Waals surface area contributed by atoms with Crippen LogP contribution in [0.1, 0.15) is 18.9 Å². The molecule has 1 aromatic carbocycles. The van der Waals surface area contributed by atoms with Crippen molar-refractivity contribution in [3.63, 3.8) is 0 Å². The van der Waals surface area contributed by atoms with Gasteiger partial charge in [0.2, 0.25) is 0 Å². The molecule has 2 aromatic rings. The third-order valence-electron chi connectivity index (χ3n) is 2.79. The summed E-state index contributed by atoms with van der Waals surface area (Å²) in [5.74, 6) is 0. The third kappa shape index (κ3) is 3.30. The van der Waals surface area contributed by atoms with Crippen LogP contribution in [0, 0.1) is 0 Å². The number of benzene rings is 1. The lowest BCUT2D eigenvalue weighted by molar-refractivity contribution is 0.434. The van der Waals surface area contributed by atoms with Crippen molar-refractivity contribution < 1.29 is 8.42 Å². The summed E-state index contributed by atoms with van der Waals surface area (Å²) < 4.78 is 29.0. The second kappa shape index (κ2) is 5.96. The van der Waals surface area contributed by atoms with Crippen LogP contribution in [-0.4, -0.2) is 30.8 Å². The molecule has 0 spiro atoms. The Labute approximate surface area is 117 Å². The van der Waals surface area contributed by atoms with E-state index in [-0.39, 0.29) is 6.54 Å². The van der Waals surface area contributed by atoms with Crippen molar-refractivity contribution in [3.05, 3.63) is 29.3 Å². The van der Waals surface area contributed by atoms with Crippen molar-refractivity contribution in [3.8, 4) is 0 Å². The molecular formula is C12H17N3O2S2. The van der Waals surface area contributed by atoms with Crippen LogP contribution in [-0.2, 0) is 16.8 Å². The van der Waals surface area contributed by atoms with Gasteiger partial charge in [-0.1, -0.05) is 26.0 Å². The van der Waals surface area contributed by atoms with Crippen LogP contribution in [0.3, 0.4) is 0 Å². The maximum absolute atomic E-state index is 12.0. The highest BCUT2D eigenvalue weighted by molar-refractivity contribution is 7.87. The lowest BCUT2D eigenvalue weighted by Gasteiger charge is -2.18. The molecule has 0 amide bonds. The lowest BCUT2D eigenvalue weighted by Crippen LogP contribution is -2.40. The number of aromatic nitrogens is 1.